The Hall–Kier alpha value is -1.59. The molecule has 118 valence electrons. The van der Waals surface area contributed by atoms with E-state index in [1.54, 1.807) is 0 Å². The summed E-state index contributed by atoms with van der Waals surface area (Å²) in [5.41, 5.74) is 5.30. The van der Waals surface area contributed by atoms with E-state index in [9.17, 15) is 26.4 Å². The molecule has 1 aromatic heterocycles. The average molecular weight is 348 g/mol. The van der Waals surface area contributed by atoms with Crippen molar-refractivity contribution in [2.24, 2.45) is 0 Å². The lowest BCUT2D eigenvalue weighted by Crippen LogP contribution is -2.43. The second-order valence-electron chi connectivity index (χ2n) is 3.87. The van der Waals surface area contributed by atoms with Crippen LogP contribution in [0.25, 0.3) is 0 Å². The average Bonchev–Trinajstić information content (AvgIpc) is 2.29. The van der Waals surface area contributed by atoms with Gasteiger partial charge in [0.25, 0.3) is 0 Å². The summed E-state index contributed by atoms with van der Waals surface area (Å²) in [7, 11) is -4.63. The lowest BCUT2D eigenvalue weighted by Gasteiger charge is -2.17. The minimum absolute atomic E-state index is 0.132. The van der Waals surface area contributed by atoms with Crippen LogP contribution in [0.4, 0.5) is 19.0 Å². The number of alkyl halides is 3. The van der Waals surface area contributed by atoms with Crippen molar-refractivity contribution in [1.29, 1.82) is 0 Å². The summed E-state index contributed by atoms with van der Waals surface area (Å²) in [4.78, 5) is 13.5. The zero-order chi connectivity index (χ0) is 16.4. The molecule has 0 aliphatic carbocycles. The Morgan fingerprint density at radius 1 is 1.52 bits per heavy atom. The van der Waals surface area contributed by atoms with Gasteiger partial charge in [0.1, 0.15) is 16.8 Å². The van der Waals surface area contributed by atoms with Gasteiger partial charge in [-0.3, -0.25) is 4.79 Å². The molecule has 4 N–H and O–H groups in total. The fraction of sp³-hybridized carbons (Fsp3) is 0.333. The Morgan fingerprint density at radius 2 is 2.10 bits per heavy atom. The maximum atomic E-state index is 12.2. The number of carboxylic acid groups (broad SMARTS) is 1. The number of sulfonamides is 1. The molecular formula is C9H9ClF3N3O4S. The van der Waals surface area contributed by atoms with Gasteiger partial charge in [0.2, 0.25) is 10.0 Å². The molecule has 0 bridgehead atoms. The monoisotopic (exact) mass is 347 g/mol. The number of nitrogens with one attached hydrogen (secondary N) is 1. The van der Waals surface area contributed by atoms with Crippen molar-refractivity contribution < 1.29 is 31.5 Å². The first-order valence-corrected chi connectivity index (χ1v) is 7.01. The highest BCUT2D eigenvalue weighted by Gasteiger charge is 2.38. The Balaban J connectivity index is 3.12. The first kappa shape index (κ1) is 17.5. The lowest BCUT2D eigenvalue weighted by atomic mass is 10.2. The highest BCUT2D eigenvalue weighted by atomic mass is 35.5. The number of pyridine rings is 1. The Bertz CT molecular complexity index is 650. The van der Waals surface area contributed by atoms with E-state index in [-0.39, 0.29) is 5.02 Å². The van der Waals surface area contributed by atoms with Gasteiger partial charge in [-0.25, -0.2) is 13.4 Å². The number of hydrogen-bond donors (Lipinski definition) is 3. The summed E-state index contributed by atoms with van der Waals surface area (Å²) in [5.74, 6) is -2.51. The van der Waals surface area contributed by atoms with Crippen molar-refractivity contribution in [2.75, 3.05) is 5.73 Å². The van der Waals surface area contributed by atoms with Crippen LogP contribution in [0, 0.1) is 0 Å². The SMILES string of the molecule is Nc1ncc(Cl)cc1S(=O)(=O)NC(CC(F)(F)F)C(=O)O. The number of hydrogen-bond acceptors (Lipinski definition) is 5. The molecule has 0 aliphatic heterocycles. The van der Waals surface area contributed by atoms with Crippen molar-refractivity contribution in [2.45, 2.75) is 23.5 Å². The van der Waals surface area contributed by atoms with Crippen LogP contribution in [0.1, 0.15) is 6.42 Å². The van der Waals surface area contributed by atoms with Gasteiger partial charge in [-0.15, -0.1) is 0 Å². The fourth-order valence-corrected chi connectivity index (χ4v) is 2.83. The van der Waals surface area contributed by atoms with Crippen LogP contribution < -0.4 is 10.5 Å². The quantitative estimate of drug-likeness (QED) is 0.730. The summed E-state index contributed by atoms with van der Waals surface area (Å²) in [6, 6.07) is -1.55. The minimum atomic E-state index is -4.87. The topological polar surface area (TPSA) is 122 Å². The van der Waals surface area contributed by atoms with Crippen LogP contribution >= 0.6 is 11.6 Å². The Labute approximate surface area is 122 Å². The molecule has 1 atom stereocenters. The molecular weight excluding hydrogens is 339 g/mol. The highest BCUT2D eigenvalue weighted by Crippen LogP contribution is 2.24. The van der Waals surface area contributed by atoms with Gasteiger partial charge in [0, 0.05) is 6.20 Å². The van der Waals surface area contributed by atoms with Gasteiger partial charge < -0.3 is 10.8 Å². The van der Waals surface area contributed by atoms with Crippen LogP contribution in [0.5, 0.6) is 0 Å². The van der Waals surface area contributed by atoms with Crippen molar-refractivity contribution in [3.8, 4) is 0 Å². The summed E-state index contributed by atoms with van der Waals surface area (Å²) in [5, 5.41) is 8.54. The van der Waals surface area contributed by atoms with Crippen LogP contribution in [0.2, 0.25) is 5.02 Å². The van der Waals surface area contributed by atoms with Crippen molar-refractivity contribution in [3.63, 3.8) is 0 Å². The number of carboxylic acids is 1. The number of halogens is 4. The number of rotatable bonds is 5. The van der Waals surface area contributed by atoms with E-state index in [4.69, 9.17) is 22.4 Å². The number of anilines is 1. The number of aromatic nitrogens is 1. The molecule has 12 heteroatoms. The summed E-state index contributed by atoms with van der Waals surface area (Å²) in [6.45, 7) is 0. The third-order valence-corrected chi connectivity index (χ3v) is 3.88. The third kappa shape index (κ3) is 5.02. The lowest BCUT2D eigenvalue weighted by molar-refractivity contribution is -0.157. The number of carbonyl (C=O) groups is 1. The molecule has 0 aromatic carbocycles. The Kier molecular flexibility index (Phi) is 5.02. The van der Waals surface area contributed by atoms with Crippen molar-refractivity contribution in [3.05, 3.63) is 17.3 Å². The molecule has 1 heterocycles. The molecule has 0 spiro atoms. The fourth-order valence-electron chi connectivity index (χ4n) is 1.31. The summed E-state index contributed by atoms with van der Waals surface area (Å²) < 4.78 is 61.9. The maximum Gasteiger partial charge on any atom is 0.391 e. The number of nitrogens with zero attached hydrogens (tertiary/aromatic N) is 1. The molecule has 0 saturated carbocycles. The summed E-state index contributed by atoms with van der Waals surface area (Å²) >= 11 is 5.52. The second-order valence-corrected chi connectivity index (χ2v) is 5.99. The first-order chi connectivity index (χ1) is 9.42. The third-order valence-electron chi connectivity index (χ3n) is 2.17. The molecule has 0 saturated heterocycles. The van der Waals surface area contributed by atoms with Gasteiger partial charge in [-0.05, 0) is 6.07 Å². The largest absolute Gasteiger partial charge is 0.480 e. The van der Waals surface area contributed by atoms with Gasteiger partial charge in [0.05, 0.1) is 11.4 Å². The van der Waals surface area contributed by atoms with Gasteiger partial charge in [-0.1, -0.05) is 11.6 Å². The van der Waals surface area contributed by atoms with Crippen LogP contribution in [-0.4, -0.2) is 36.7 Å². The van der Waals surface area contributed by atoms with E-state index in [1.165, 1.54) is 4.72 Å². The van der Waals surface area contributed by atoms with E-state index in [2.05, 4.69) is 4.98 Å². The smallest absolute Gasteiger partial charge is 0.391 e. The molecule has 7 nitrogen and oxygen atoms in total. The standard InChI is InChI=1S/C9H9ClF3N3O4S/c10-4-1-6(7(14)15-3-4)21(19,20)16-5(8(17)18)2-9(11,12)13/h1,3,5,16H,2H2,(H2,14,15)(H,17,18). The van der Waals surface area contributed by atoms with Crippen LogP contribution in [0.3, 0.4) is 0 Å². The minimum Gasteiger partial charge on any atom is -0.480 e. The highest BCUT2D eigenvalue weighted by molar-refractivity contribution is 7.89. The van der Waals surface area contributed by atoms with Gasteiger partial charge >= 0.3 is 12.1 Å². The van der Waals surface area contributed by atoms with Crippen LogP contribution in [-0.2, 0) is 14.8 Å². The number of aliphatic carboxylic acids is 1. The molecule has 0 amide bonds. The van der Waals surface area contributed by atoms with Crippen molar-refractivity contribution in [1.82, 2.24) is 9.71 Å². The van der Waals surface area contributed by atoms with Gasteiger partial charge in [-0.2, -0.15) is 17.9 Å². The molecule has 0 fully saturated rings. The molecule has 0 aliphatic rings. The van der Waals surface area contributed by atoms with E-state index < -0.39 is 45.3 Å². The maximum absolute atomic E-state index is 12.2. The van der Waals surface area contributed by atoms with Gasteiger partial charge in [0.15, 0.2) is 0 Å². The predicted molar refractivity (Wildman–Crippen MR) is 66.1 cm³/mol. The van der Waals surface area contributed by atoms with E-state index in [0.717, 1.165) is 12.3 Å². The van der Waals surface area contributed by atoms with E-state index in [0.29, 0.717) is 0 Å². The zero-order valence-corrected chi connectivity index (χ0v) is 11.6. The number of nitrogen functional groups attached to an aromatic ring is 1. The van der Waals surface area contributed by atoms with E-state index in [1.807, 2.05) is 0 Å². The zero-order valence-electron chi connectivity index (χ0n) is 10.1. The normalized spacial score (nSPS) is 13.9. The van der Waals surface area contributed by atoms with Crippen molar-refractivity contribution >= 4 is 33.4 Å². The molecule has 21 heavy (non-hydrogen) atoms. The van der Waals surface area contributed by atoms with Crippen LogP contribution in [0.15, 0.2) is 17.2 Å². The first-order valence-electron chi connectivity index (χ1n) is 5.15. The predicted octanol–water partition coefficient (Wildman–Crippen LogP) is 1.00. The second kappa shape index (κ2) is 6.03. The van der Waals surface area contributed by atoms with E-state index >= 15 is 0 Å². The molecule has 1 unspecified atom stereocenters. The summed E-state index contributed by atoms with van der Waals surface area (Å²) in [6.07, 6.45) is -5.72. The molecule has 1 rings (SSSR count). The molecule has 0 radical (unpaired) electrons. The molecule has 1 aromatic rings. The number of nitrogens with two attached hydrogens (primary N) is 1. The Morgan fingerprint density at radius 3 is 2.57 bits per heavy atom.